The van der Waals surface area contributed by atoms with Crippen LogP contribution < -0.4 is 10.5 Å². The normalized spacial score (nSPS) is 13.5. The Balaban J connectivity index is 2.10. The van der Waals surface area contributed by atoms with Crippen molar-refractivity contribution in [2.75, 3.05) is 14.1 Å². The Morgan fingerprint density at radius 2 is 1.91 bits per heavy atom. The van der Waals surface area contributed by atoms with Gasteiger partial charge in [0, 0.05) is 20.0 Å². The van der Waals surface area contributed by atoms with Crippen molar-refractivity contribution in [3.05, 3.63) is 73.9 Å². The monoisotopic (exact) mass is 511 g/mol. The maximum absolute atomic E-state index is 14.8. The molecule has 13 heteroatoms. The second-order valence-electron chi connectivity index (χ2n) is 7.92. The number of hydrogen-bond acceptors (Lipinski definition) is 7. The molecule has 2 heterocycles. The van der Waals surface area contributed by atoms with Crippen molar-refractivity contribution in [3.63, 3.8) is 0 Å². The van der Waals surface area contributed by atoms with Crippen LogP contribution in [-0.2, 0) is 10.0 Å². The maximum Gasteiger partial charge on any atom is 0.434 e. The van der Waals surface area contributed by atoms with Crippen molar-refractivity contribution in [3.8, 4) is 0 Å². The molecule has 182 valence electrons. The second-order valence-corrected chi connectivity index (χ2v) is 9.99. The Morgan fingerprint density at radius 3 is 2.50 bits per heavy atom. The number of sulfonamides is 1. The van der Waals surface area contributed by atoms with Gasteiger partial charge in [-0.1, -0.05) is 24.6 Å². The van der Waals surface area contributed by atoms with E-state index in [2.05, 4.69) is 19.9 Å². The number of hydrogen-bond donors (Lipinski definition) is 2. The van der Waals surface area contributed by atoms with Gasteiger partial charge in [-0.2, -0.15) is 4.72 Å². The summed E-state index contributed by atoms with van der Waals surface area (Å²) in [5.41, 5.74) is 1.37. The van der Waals surface area contributed by atoms with Crippen LogP contribution in [0, 0.1) is 19.7 Å². The zero-order chi connectivity index (χ0) is 25.4. The van der Waals surface area contributed by atoms with Crippen molar-refractivity contribution >= 4 is 27.5 Å². The van der Waals surface area contributed by atoms with Gasteiger partial charge in [0.1, 0.15) is 17.6 Å². The number of aromatic amines is 1. The van der Waals surface area contributed by atoms with Crippen LogP contribution in [0.5, 0.6) is 0 Å². The minimum absolute atomic E-state index is 0.0293. The molecule has 3 rings (SSSR count). The first-order valence-corrected chi connectivity index (χ1v) is 11.9. The Bertz CT molecular complexity index is 1400. The van der Waals surface area contributed by atoms with Crippen molar-refractivity contribution in [1.29, 1.82) is 0 Å². The number of H-pyrrole nitrogens is 1. The maximum atomic E-state index is 14.8. The predicted octanol–water partition coefficient (Wildman–Crippen LogP) is 2.69. The highest BCUT2D eigenvalue weighted by Gasteiger charge is 2.34. The lowest BCUT2D eigenvalue weighted by molar-refractivity contribution is 0.0821. The molecule has 2 N–H and O–H groups in total. The molecule has 1 amide bonds. The number of benzene rings is 1. The smallest absolute Gasteiger partial charge is 0.391 e. The van der Waals surface area contributed by atoms with Gasteiger partial charge in [0.25, 0.3) is 15.9 Å². The molecule has 3 aromatic rings. The number of nitrogens with one attached hydrogen (secondary N) is 2. The SMILES string of the molecule is Cc1ccc(F)c([C@@H](C)[C@H](NS(=O)(=O)c2ccc(Cl)c(C(=O)N(C)C)n2)c2n[nH]c(=O)o2)c1C. The zero-order valence-corrected chi connectivity index (χ0v) is 20.6. The fraction of sp³-hybridized carbons (Fsp3) is 0.333. The van der Waals surface area contributed by atoms with Crippen LogP contribution in [0.4, 0.5) is 4.39 Å². The standard InChI is InChI=1S/C21H23ClFN5O5S/c1-10-6-8-14(23)16(11(10)2)12(3)17(19-25-26-21(30)33-19)27-34(31,32)15-9-7-13(22)18(24-15)20(29)28(4)5/h6-9,12,17,27H,1-5H3,(H,26,30)/t12-,17+/m1/s1. The Hall–Kier alpha value is -3.09. The van der Waals surface area contributed by atoms with Gasteiger partial charge in [-0.15, -0.1) is 5.10 Å². The number of amides is 1. The fourth-order valence-corrected chi connectivity index (χ4v) is 4.84. The van der Waals surface area contributed by atoms with Gasteiger partial charge in [-0.05, 0) is 48.7 Å². The summed E-state index contributed by atoms with van der Waals surface area (Å²) in [7, 11) is -1.48. The summed E-state index contributed by atoms with van der Waals surface area (Å²) in [5.74, 6) is -3.20. The molecule has 0 radical (unpaired) electrons. The molecule has 34 heavy (non-hydrogen) atoms. The highest BCUT2D eigenvalue weighted by atomic mass is 35.5. The highest BCUT2D eigenvalue weighted by Crippen LogP contribution is 2.35. The van der Waals surface area contributed by atoms with Gasteiger partial charge in [-0.3, -0.25) is 4.79 Å². The van der Waals surface area contributed by atoms with Crippen molar-refractivity contribution in [2.45, 2.75) is 37.8 Å². The molecule has 0 saturated heterocycles. The molecule has 0 spiro atoms. The van der Waals surface area contributed by atoms with Crippen molar-refractivity contribution in [1.82, 2.24) is 24.8 Å². The molecular weight excluding hydrogens is 489 g/mol. The molecule has 0 bridgehead atoms. The molecular formula is C21H23ClFN5O5S. The van der Waals surface area contributed by atoms with Crippen LogP contribution in [0.25, 0.3) is 0 Å². The lowest BCUT2D eigenvalue weighted by Crippen LogP contribution is -2.34. The first-order chi connectivity index (χ1) is 15.8. The highest BCUT2D eigenvalue weighted by molar-refractivity contribution is 7.89. The quantitative estimate of drug-likeness (QED) is 0.497. The third-order valence-corrected chi connectivity index (χ3v) is 7.04. The van der Waals surface area contributed by atoms with Crippen LogP contribution in [0.2, 0.25) is 5.02 Å². The molecule has 0 saturated carbocycles. The van der Waals surface area contributed by atoms with Gasteiger partial charge in [0.2, 0.25) is 5.89 Å². The van der Waals surface area contributed by atoms with Crippen LogP contribution in [0.15, 0.2) is 38.5 Å². The minimum Gasteiger partial charge on any atom is -0.391 e. The number of carbonyl (C=O) groups excluding carboxylic acids is 1. The summed E-state index contributed by atoms with van der Waals surface area (Å²) >= 11 is 6.04. The fourth-order valence-electron chi connectivity index (χ4n) is 3.43. The van der Waals surface area contributed by atoms with E-state index < -0.39 is 44.5 Å². The van der Waals surface area contributed by atoms with E-state index in [1.807, 2.05) is 0 Å². The van der Waals surface area contributed by atoms with Crippen LogP contribution in [0.1, 0.15) is 52.0 Å². The first kappa shape index (κ1) is 25.5. The van der Waals surface area contributed by atoms with Gasteiger partial charge in [-0.25, -0.2) is 27.7 Å². The summed E-state index contributed by atoms with van der Waals surface area (Å²) in [6, 6.07) is 3.95. The number of halogens is 2. The van der Waals surface area contributed by atoms with Gasteiger partial charge in [0.05, 0.1) is 5.02 Å². The minimum atomic E-state index is -4.41. The summed E-state index contributed by atoms with van der Waals surface area (Å²) in [6.45, 7) is 5.07. The molecule has 1 aromatic carbocycles. The number of nitrogens with zero attached hydrogens (tertiary/aromatic N) is 3. The summed E-state index contributed by atoms with van der Waals surface area (Å²) in [4.78, 5) is 29.1. The third kappa shape index (κ3) is 5.03. The van der Waals surface area contributed by atoms with E-state index in [1.54, 1.807) is 26.8 Å². The summed E-state index contributed by atoms with van der Waals surface area (Å²) in [6.07, 6.45) is 0. The number of pyridine rings is 1. The van der Waals surface area contributed by atoms with E-state index in [4.69, 9.17) is 16.0 Å². The van der Waals surface area contributed by atoms with E-state index in [9.17, 15) is 22.4 Å². The average molecular weight is 512 g/mol. The molecule has 0 aliphatic rings. The van der Waals surface area contributed by atoms with E-state index >= 15 is 0 Å². The largest absolute Gasteiger partial charge is 0.434 e. The summed E-state index contributed by atoms with van der Waals surface area (Å²) in [5, 5.41) is 5.30. The Kier molecular flexibility index (Phi) is 7.24. The lowest BCUT2D eigenvalue weighted by Gasteiger charge is -2.25. The van der Waals surface area contributed by atoms with Crippen LogP contribution in [0.3, 0.4) is 0 Å². The first-order valence-electron chi connectivity index (χ1n) is 10.0. The Morgan fingerprint density at radius 1 is 1.24 bits per heavy atom. The van der Waals surface area contributed by atoms with Crippen LogP contribution >= 0.6 is 11.6 Å². The van der Waals surface area contributed by atoms with Crippen molar-refractivity contribution < 1.29 is 22.0 Å². The summed E-state index contributed by atoms with van der Waals surface area (Å²) < 4.78 is 48.7. The molecule has 0 fully saturated rings. The van der Waals surface area contributed by atoms with Crippen LogP contribution in [-0.4, -0.2) is 48.5 Å². The molecule has 2 atom stereocenters. The predicted molar refractivity (Wildman–Crippen MR) is 122 cm³/mol. The number of aromatic nitrogens is 3. The number of aryl methyl sites for hydroxylation is 1. The Labute approximate surface area is 200 Å². The van der Waals surface area contributed by atoms with E-state index in [0.717, 1.165) is 11.6 Å². The second kappa shape index (κ2) is 9.65. The van der Waals surface area contributed by atoms with E-state index in [-0.39, 0.29) is 22.2 Å². The molecule has 0 aliphatic carbocycles. The van der Waals surface area contributed by atoms with Gasteiger partial charge >= 0.3 is 5.76 Å². The van der Waals surface area contributed by atoms with E-state index in [0.29, 0.717) is 5.56 Å². The molecule has 0 aliphatic heterocycles. The number of carbonyl (C=O) groups is 1. The zero-order valence-electron chi connectivity index (χ0n) is 19.0. The topological polar surface area (TPSA) is 138 Å². The molecule has 0 unspecified atom stereocenters. The lowest BCUT2D eigenvalue weighted by atomic mass is 9.88. The average Bonchev–Trinajstić information content (AvgIpc) is 3.20. The van der Waals surface area contributed by atoms with Gasteiger partial charge < -0.3 is 9.32 Å². The number of rotatable bonds is 7. The molecule has 2 aromatic heterocycles. The third-order valence-electron chi connectivity index (χ3n) is 5.40. The van der Waals surface area contributed by atoms with Gasteiger partial charge in [0.15, 0.2) is 5.03 Å². The van der Waals surface area contributed by atoms with Crippen molar-refractivity contribution in [2.24, 2.45) is 0 Å². The molecule has 10 nitrogen and oxygen atoms in total. The van der Waals surface area contributed by atoms with E-state index in [1.165, 1.54) is 31.1 Å².